The van der Waals surface area contributed by atoms with Crippen molar-refractivity contribution >= 4 is 38.6 Å². The summed E-state index contributed by atoms with van der Waals surface area (Å²) in [6.45, 7) is 1.77. The van der Waals surface area contributed by atoms with Gasteiger partial charge < -0.3 is 10.1 Å². The van der Waals surface area contributed by atoms with Crippen molar-refractivity contribution in [2.45, 2.75) is 23.5 Å². The molecule has 0 spiro atoms. The zero-order valence-corrected chi connectivity index (χ0v) is 12.9. The number of amidine groups is 1. The maximum absolute atomic E-state index is 13.1. The number of nitrogens with zero attached hydrogens (tertiary/aromatic N) is 1. The number of thioether (sulfide) groups is 1. The molecule has 1 aliphatic rings. The van der Waals surface area contributed by atoms with E-state index < -0.39 is 27.1 Å². The lowest BCUT2D eigenvalue weighted by molar-refractivity contribution is -0.139. The number of carbonyl (C=O) groups is 1. The molecule has 0 aromatic heterocycles. The van der Waals surface area contributed by atoms with Gasteiger partial charge in [0, 0.05) is 0 Å². The third-order valence-corrected chi connectivity index (χ3v) is 5.41. The van der Waals surface area contributed by atoms with Gasteiger partial charge in [-0.3, -0.25) is 4.79 Å². The topological polar surface area (TPSA) is 84.8 Å². The maximum atomic E-state index is 13.1. The molecule has 114 valence electrons. The van der Waals surface area contributed by atoms with Crippen LogP contribution < -0.4 is 5.32 Å². The smallest absolute Gasteiger partial charge is 0.319 e. The van der Waals surface area contributed by atoms with E-state index in [-0.39, 0.29) is 15.8 Å². The van der Waals surface area contributed by atoms with Crippen molar-refractivity contribution < 1.29 is 22.3 Å². The molecular formula is C12H13FN2O4S2. The number of hydrogen-bond donors (Lipinski definition) is 1. The standard InChI is InChI=1S/C12H13FN2O4S2/c1-3-9(11(16)19-2)20-12-14-8-5-4-7(13)6-10(8)21(17,18)15-12/h4-6,9H,3H2,1-2H3,(H,14,15)/t9-/m1/s1. The van der Waals surface area contributed by atoms with E-state index in [1.54, 1.807) is 6.92 Å². The zero-order chi connectivity index (χ0) is 15.6. The minimum atomic E-state index is -3.99. The highest BCUT2D eigenvalue weighted by atomic mass is 32.2. The summed E-state index contributed by atoms with van der Waals surface area (Å²) < 4.78 is 45.4. The third-order valence-electron chi connectivity index (χ3n) is 2.76. The largest absolute Gasteiger partial charge is 0.468 e. The molecule has 0 unspecified atom stereocenters. The summed E-state index contributed by atoms with van der Waals surface area (Å²) in [6.07, 6.45) is 0.453. The number of ether oxygens (including phenoxy) is 1. The van der Waals surface area contributed by atoms with Gasteiger partial charge in [0.15, 0.2) is 5.17 Å². The average molecular weight is 332 g/mol. The van der Waals surface area contributed by atoms with E-state index >= 15 is 0 Å². The first kappa shape index (κ1) is 15.8. The third kappa shape index (κ3) is 3.35. The van der Waals surface area contributed by atoms with Gasteiger partial charge in [0.25, 0.3) is 10.0 Å². The van der Waals surface area contributed by atoms with Gasteiger partial charge in [0.2, 0.25) is 0 Å². The molecular weight excluding hydrogens is 319 g/mol. The van der Waals surface area contributed by atoms with Gasteiger partial charge in [-0.2, -0.15) is 8.42 Å². The van der Waals surface area contributed by atoms with Gasteiger partial charge in [-0.1, -0.05) is 18.7 Å². The number of hydrogen-bond acceptors (Lipinski definition) is 6. The molecule has 0 radical (unpaired) electrons. The van der Waals surface area contributed by atoms with Gasteiger partial charge in [0.05, 0.1) is 12.8 Å². The Morgan fingerprint density at radius 1 is 1.52 bits per heavy atom. The van der Waals surface area contributed by atoms with Gasteiger partial charge in [-0.25, -0.2) is 4.39 Å². The first-order chi connectivity index (χ1) is 9.87. The van der Waals surface area contributed by atoms with Crippen molar-refractivity contribution in [2.24, 2.45) is 4.40 Å². The van der Waals surface area contributed by atoms with Crippen LogP contribution in [0, 0.1) is 5.82 Å². The molecule has 1 aromatic rings. The SMILES string of the molecule is CC[C@@H](SC1=NS(=O)(=O)c2cc(F)ccc2N1)C(=O)OC. The summed E-state index contributed by atoms with van der Waals surface area (Å²) in [5, 5.41) is 2.27. The van der Waals surface area contributed by atoms with Crippen LogP contribution in [0.15, 0.2) is 27.5 Å². The number of halogens is 1. The second kappa shape index (κ2) is 6.02. The molecule has 0 fully saturated rings. The number of carbonyl (C=O) groups excluding carboxylic acids is 1. The monoisotopic (exact) mass is 332 g/mol. The van der Waals surface area contributed by atoms with Gasteiger partial charge in [0.1, 0.15) is 16.0 Å². The Bertz CT molecular complexity index is 703. The Labute approximate surface area is 125 Å². The molecule has 9 heteroatoms. The highest BCUT2D eigenvalue weighted by Gasteiger charge is 2.29. The normalized spacial score (nSPS) is 17.2. The lowest BCUT2D eigenvalue weighted by Crippen LogP contribution is -2.25. The first-order valence-corrected chi connectivity index (χ1v) is 8.35. The van der Waals surface area contributed by atoms with E-state index in [0.717, 1.165) is 23.9 Å². The van der Waals surface area contributed by atoms with Crippen molar-refractivity contribution in [1.29, 1.82) is 0 Å². The van der Waals surface area contributed by atoms with Crippen LogP contribution in [0.1, 0.15) is 13.3 Å². The summed E-state index contributed by atoms with van der Waals surface area (Å²) >= 11 is 0.960. The molecule has 1 aliphatic heterocycles. The molecule has 1 aromatic carbocycles. The molecule has 0 bridgehead atoms. The molecule has 0 saturated carbocycles. The number of rotatable bonds is 3. The summed E-state index contributed by atoms with van der Waals surface area (Å²) in [7, 11) is -2.73. The molecule has 0 saturated heterocycles. The highest BCUT2D eigenvalue weighted by Crippen LogP contribution is 2.31. The second-order valence-electron chi connectivity index (χ2n) is 4.17. The lowest BCUT2D eigenvalue weighted by Gasteiger charge is -2.20. The number of anilines is 1. The average Bonchev–Trinajstić information content (AvgIpc) is 2.44. The number of benzene rings is 1. The summed E-state index contributed by atoms with van der Waals surface area (Å²) in [5.41, 5.74) is 0.230. The minimum absolute atomic E-state index is 0.0614. The van der Waals surface area contributed by atoms with Crippen molar-refractivity contribution in [3.8, 4) is 0 Å². The quantitative estimate of drug-likeness (QED) is 0.852. The van der Waals surface area contributed by atoms with Crippen LogP contribution in [-0.4, -0.2) is 31.9 Å². The predicted molar refractivity (Wildman–Crippen MR) is 78.3 cm³/mol. The number of fused-ring (bicyclic) bond motifs is 1. The number of methoxy groups -OCH3 is 1. The molecule has 0 aliphatic carbocycles. The fourth-order valence-electron chi connectivity index (χ4n) is 1.72. The van der Waals surface area contributed by atoms with E-state index in [1.165, 1.54) is 13.2 Å². The lowest BCUT2D eigenvalue weighted by atomic mass is 10.3. The Morgan fingerprint density at radius 2 is 2.24 bits per heavy atom. The van der Waals surface area contributed by atoms with Crippen LogP contribution in [0.4, 0.5) is 10.1 Å². The fourth-order valence-corrected chi connectivity index (χ4v) is 4.01. The Kier molecular flexibility index (Phi) is 4.52. The molecule has 1 heterocycles. The van der Waals surface area contributed by atoms with E-state index in [1.807, 2.05) is 0 Å². The minimum Gasteiger partial charge on any atom is -0.468 e. The Morgan fingerprint density at radius 3 is 2.86 bits per heavy atom. The Hall–Kier alpha value is -1.61. The predicted octanol–water partition coefficient (Wildman–Crippen LogP) is 1.98. The van der Waals surface area contributed by atoms with Gasteiger partial charge in [-0.05, 0) is 24.6 Å². The molecule has 6 nitrogen and oxygen atoms in total. The van der Waals surface area contributed by atoms with E-state index in [4.69, 9.17) is 0 Å². The van der Waals surface area contributed by atoms with Crippen LogP contribution in [0.25, 0.3) is 0 Å². The Balaban J connectivity index is 2.32. The van der Waals surface area contributed by atoms with Crippen LogP contribution >= 0.6 is 11.8 Å². The van der Waals surface area contributed by atoms with Crippen LogP contribution in [-0.2, 0) is 19.6 Å². The highest BCUT2D eigenvalue weighted by molar-refractivity contribution is 8.15. The van der Waals surface area contributed by atoms with E-state index in [0.29, 0.717) is 6.42 Å². The molecule has 0 amide bonds. The van der Waals surface area contributed by atoms with E-state index in [2.05, 4.69) is 14.5 Å². The number of esters is 1. The number of nitrogens with one attached hydrogen (secondary N) is 1. The number of sulfonamides is 1. The molecule has 1 atom stereocenters. The van der Waals surface area contributed by atoms with Gasteiger partial charge in [-0.15, -0.1) is 4.40 Å². The maximum Gasteiger partial charge on any atom is 0.319 e. The van der Waals surface area contributed by atoms with Crippen molar-refractivity contribution in [2.75, 3.05) is 12.4 Å². The summed E-state index contributed by atoms with van der Waals surface area (Å²) in [6, 6.07) is 3.36. The van der Waals surface area contributed by atoms with Gasteiger partial charge >= 0.3 is 5.97 Å². The molecule has 1 N–H and O–H groups in total. The van der Waals surface area contributed by atoms with Crippen LogP contribution in [0.3, 0.4) is 0 Å². The van der Waals surface area contributed by atoms with E-state index in [9.17, 15) is 17.6 Å². The summed E-state index contributed by atoms with van der Waals surface area (Å²) in [4.78, 5) is 11.3. The van der Waals surface area contributed by atoms with Crippen molar-refractivity contribution in [1.82, 2.24) is 0 Å². The van der Waals surface area contributed by atoms with Crippen LogP contribution in [0.2, 0.25) is 0 Å². The first-order valence-electron chi connectivity index (χ1n) is 6.03. The molecule has 2 rings (SSSR count). The van der Waals surface area contributed by atoms with Crippen molar-refractivity contribution in [3.63, 3.8) is 0 Å². The van der Waals surface area contributed by atoms with Crippen molar-refractivity contribution in [3.05, 3.63) is 24.0 Å². The second-order valence-corrected chi connectivity index (χ2v) is 6.94. The zero-order valence-electron chi connectivity index (χ0n) is 11.3. The van der Waals surface area contributed by atoms with Crippen LogP contribution in [0.5, 0.6) is 0 Å². The fraction of sp³-hybridized carbons (Fsp3) is 0.333. The molecule has 21 heavy (non-hydrogen) atoms. The summed E-state index contributed by atoms with van der Waals surface area (Å²) in [5.74, 6) is -1.12.